The van der Waals surface area contributed by atoms with E-state index in [0.29, 0.717) is 24.5 Å². The normalized spacial score (nSPS) is 8.85. The lowest BCUT2D eigenvalue weighted by Crippen LogP contribution is -2.13. The fourth-order valence-electron chi connectivity index (χ4n) is 1.64. The summed E-state index contributed by atoms with van der Waals surface area (Å²) < 4.78 is 0. The lowest BCUT2D eigenvalue weighted by atomic mass is 10.3. The zero-order valence-electron chi connectivity index (χ0n) is 14.6. The fourth-order valence-corrected chi connectivity index (χ4v) is 1.64. The van der Waals surface area contributed by atoms with Crippen LogP contribution in [-0.4, -0.2) is 45.5 Å². The minimum atomic E-state index is -0.833. The Hall–Kier alpha value is -3.42. The van der Waals surface area contributed by atoms with Crippen LogP contribution in [0.1, 0.15) is 13.8 Å². The molecule has 2 aromatic carbocycles. The fraction of sp³-hybridized carbons (Fsp3) is 0.222. The molecule has 0 aromatic heterocycles. The summed E-state index contributed by atoms with van der Waals surface area (Å²) in [5, 5.41) is 40.1. The molecule has 0 unspecified atom stereocenters. The highest BCUT2D eigenvalue weighted by Crippen LogP contribution is 2.22. The standard InChI is InChI=1S/C14H16N2O2.2C2H4O2/c17-13-7-3-1-5-11(13)15-9-10-16-12-6-2-4-8-14(12)18;2*1-2(3)4/h1-8,15-18H,9-10H2;2*1H3,(H,3,4). The van der Waals surface area contributed by atoms with Crippen LogP contribution in [0.15, 0.2) is 48.5 Å². The van der Waals surface area contributed by atoms with E-state index in [9.17, 15) is 10.2 Å². The van der Waals surface area contributed by atoms with Crippen molar-refractivity contribution in [3.8, 4) is 11.5 Å². The Labute approximate surface area is 151 Å². The van der Waals surface area contributed by atoms with E-state index in [0.717, 1.165) is 13.8 Å². The summed E-state index contributed by atoms with van der Waals surface area (Å²) >= 11 is 0. The molecule has 0 aliphatic rings. The molecule has 8 nitrogen and oxygen atoms in total. The minimum Gasteiger partial charge on any atom is -0.506 e. The summed E-state index contributed by atoms with van der Waals surface area (Å²) in [7, 11) is 0. The van der Waals surface area contributed by atoms with Gasteiger partial charge in [-0.2, -0.15) is 0 Å². The molecule has 0 fully saturated rings. The Morgan fingerprint density at radius 2 is 1.00 bits per heavy atom. The summed E-state index contributed by atoms with van der Waals surface area (Å²) in [5.41, 5.74) is 1.41. The number of para-hydroxylation sites is 4. The number of nitrogens with one attached hydrogen (secondary N) is 2. The molecule has 0 radical (unpaired) electrons. The van der Waals surface area contributed by atoms with Gasteiger partial charge in [0.1, 0.15) is 11.5 Å². The van der Waals surface area contributed by atoms with Gasteiger partial charge >= 0.3 is 0 Å². The lowest BCUT2D eigenvalue weighted by molar-refractivity contribution is -0.135. The summed E-state index contributed by atoms with van der Waals surface area (Å²) in [6, 6.07) is 14.2. The summed E-state index contributed by atoms with van der Waals surface area (Å²) in [5.74, 6) is -1.19. The van der Waals surface area contributed by atoms with E-state index in [4.69, 9.17) is 19.8 Å². The molecule has 8 heteroatoms. The van der Waals surface area contributed by atoms with Crippen molar-refractivity contribution >= 4 is 23.3 Å². The number of phenolic OH excluding ortho intramolecular Hbond substituents is 2. The van der Waals surface area contributed by atoms with Crippen LogP contribution in [0.25, 0.3) is 0 Å². The van der Waals surface area contributed by atoms with Crippen LogP contribution in [0, 0.1) is 0 Å². The highest BCUT2D eigenvalue weighted by molar-refractivity contribution is 5.63. The average Bonchev–Trinajstić information content (AvgIpc) is 2.53. The first-order chi connectivity index (χ1) is 12.2. The Bertz CT molecular complexity index is 623. The monoisotopic (exact) mass is 364 g/mol. The number of rotatable bonds is 5. The molecule has 6 N–H and O–H groups in total. The number of hydrogen-bond acceptors (Lipinski definition) is 6. The van der Waals surface area contributed by atoms with Crippen molar-refractivity contribution in [1.82, 2.24) is 0 Å². The number of carboxylic acid groups (broad SMARTS) is 2. The molecule has 0 amide bonds. The molecular formula is C18H24N2O6. The second-order valence-corrected chi connectivity index (χ2v) is 4.93. The Morgan fingerprint density at radius 3 is 1.27 bits per heavy atom. The Balaban J connectivity index is 0.000000662. The number of phenols is 2. The maximum Gasteiger partial charge on any atom is 0.300 e. The maximum atomic E-state index is 9.55. The number of aliphatic carboxylic acids is 2. The number of hydrogen-bond donors (Lipinski definition) is 6. The first-order valence-corrected chi connectivity index (χ1v) is 7.66. The molecule has 0 bridgehead atoms. The maximum absolute atomic E-state index is 9.55. The smallest absolute Gasteiger partial charge is 0.300 e. The quantitative estimate of drug-likeness (QED) is 0.352. The predicted octanol–water partition coefficient (Wildman–Crippen LogP) is 2.80. The molecule has 0 atom stereocenters. The molecule has 2 rings (SSSR count). The van der Waals surface area contributed by atoms with Crippen LogP contribution in [0.5, 0.6) is 11.5 Å². The van der Waals surface area contributed by atoms with E-state index in [1.54, 1.807) is 24.3 Å². The van der Waals surface area contributed by atoms with Crippen LogP contribution in [0.2, 0.25) is 0 Å². The van der Waals surface area contributed by atoms with E-state index >= 15 is 0 Å². The van der Waals surface area contributed by atoms with Gasteiger partial charge in [-0.25, -0.2) is 0 Å². The Morgan fingerprint density at radius 1 is 0.731 bits per heavy atom. The number of carboxylic acids is 2. The van der Waals surface area contributed by atoms with Gasteiger partial charge in [0, 0.05) is 26.9 Å². The second kappa shape index (κ2) is 12.9. The SMILES string of the molecule is CC(=O)O.CC(=O)O.Oc1ccccc1NCCNc1ccccc1O. The molecule has 2 aromatic rings. The molecule has 0 spiro atoms. The highest BCUT2D eigenvalue weighted by atomic mass is 16.4. The van der Waals surface area contributed by atoms with Gasteiger partial charge in [-0.1, -0.05) is 24.3 Å². The highest BCUT2D eigenvalue weighted by Gasteiger charge is 1.99. The van der Waals surface area contributed by atoms with Gasteiger partial charge in [-0.15, -0.1) is 0 Å². The van der Waals surface area contributed by atoms with Crippen molar-refractivity contribution < 1.29 is 30.0 Å². The van der Waals surface area contributed by atoms with Gasteiger partial charge in [-0.05, 0) is 24.3 Å². The van der Waals surface area contributed by atoms with Crippen molar-refractivity contribution in [1.29, 1.82) is 0 Å². The number of aromatic hydroxyl groups is 2. The van der Waals surface area contributed by atoms with Crippen molar-refractivity contribution in [3.63, 3.8) is 0 Å². The van der Waals surface area contributed by atoms with Gasteiger partial charge < -0.3 is 31.1 Å². The molecule has 142 valence electrons. The van der Waals surface area contributed by atoms with Crippen LogP contribution in [-0.2, 0) is 9.59 Å². The summed E-state index contributed by atoms with van der Waals surface area (Å²) in [6.45, 7) is 3.46. The largest absolute Gasteiger partial charge is 0.506 e. The number of anilines is 2. The third kappa shape index (κ3) is 12.1. The predicted molar refractivity (Wildman–Crippen MR) is 99.8 cm³/mol. The van der Waals surface area contributed by atoms with Crippen LogP contribution in [0.4, 0.5) is 11.4 Å². The summed E-state index contributed by atoms with van der Waals surface area (Å²) in [6.07, 6.45) is 0. The van der Waals surface area contributed by atoms with Gasteiger partial charge in [0.2, 0.25) is 0 Å². The number of benzene rings is 2. The van der Waals surface area contributed by atoms with Crippen molar-refractivity contribution in [2.45, 2.75) is 13.8 Å². The Kier molecular flexibility index (Phi) is 11.2. The molecule has 0 aliphatic carbocycles. The van der Waals surface area contributed by atoms with Crippen molar-refractivity contribution in [2.75, 3.05) is 23.7 Å². The van der Waals surface area contributed by atoms with Gasteiger partial charge in [0.15, 0.2) is 0 Å². The van der Waals surface area contributed by atoms with Crippen LogP contribution in [0.3, 0.4) is 0 Å². The zero-order valence-corrected chi connectivity index (χ0v) is 14.6. The van der Waals surface area contributed by atoms with Crippen molar-refractivity contribution in [3.05, 3.63) is 48.5 Å². The van der Waals surface area contributed by atoms with Crippen LogP contribution < -0.4 is 10.6 Å². The molecule has 0 saturated carbocycles. The molecule has 0 aliphatic heterocycles. The average molecular weight is 364 g/mol. The first-order valence-electron chi connectivity index (χ1n) is 7.66. The third-order valence-corrected chi connectivity index (χ3v) is 2.56. The topological polar surface area (TPSA) is 139 Å². The van der Waals surface area contributed by atoms with E-state index in [1.807, 2.05) is 24.3 Å². The van der Waals surface area contributed by atoms with Gasteiger partial charge in [0.05, 0.1) is 11.4 Å². The zero-order chi connectivity index (χ0) is 19.9. The molecular weight excluding hydrogens is 340 g/mol. The van der Waals surface area contributed by atoms with Crippen molar-refractivity contribution in [2.24, 2.45) is 0 Å². The summed E-state index contributed by atoms with van der Waals surface area (Å²) in [4.78, 5) is 18.0. The van der Waals surface area contributed by atoms with E-state index in [2.05, 4.69) is 10.6 Å². The molecule has 26 heavy (non-hydrogen) atoms. The van der Waals surface area contributed by atoms with E-state index < -0.39 is 11.9 Å². The van der Waals surface area contributed by atoms with Gasteiger partial charge in [0.25, 0.3) is 11.9 Å². The van der Waals surface area contributed by atoms with Gasteiger partial charge in [-0.3, -0.25) is 9.59 Å². The molecule has 0 heterocycles. The molecule has 0 saturated heterocycles. The third-order valence-electron chi connectivity index (χ3n) is 2.56. The minimum absolute atomic E-state index is 0.236. The van der Waals surface area contributed by atoms with E-state index in [-0.39, 0.29) is 11.5 Å². The van der Waals surface area contributed by atoms with Crippen LogP contribution >= 0.6 is 0 Å². The second-order valence-electron chi connectivity index (χ2n) is 4.93. The van der Waals surface area contributed by atoms with E-state index in [1.165, 1.54) is 0 Å². The first kappa shape index (κ1) is 22.6. The lowest BCUT2D eigenvalue weighted by Gasteiger charge is -2.10. The number of carbonyl (C=O) groups is 2.